The van der Waals surface area contributed by atoms with E-state index in [2.05, 4.69) is 40.8 Å². The van der Waals surface area contributed by atoms with Crippen molar-refractivity contribution in [1.29, 1.82) is 0 Å². The molecule has 3 saturated heterocycles. The molecule has 0 aromatic carbocycles. The van der Waals surface area contributed by atoms with Crippen LogP contribution in [0.4, 0.5) is 4.79 Å². The molecule has 0 aromatic heterocycles. The highest BCUT2D eigenvalue weighted by Gasteiger charge is 2.39. The lowest BCUT2D eigenvalue weighted by molar-refractivity contribution is 0.146. The monoisotopic (exact) mass is 336 g/mol. The Morgan fingerprint density at radius 1 is 1.04 bits per heavy atom. The fourth-order valence-corrected chi connectivity index (χ4v) is 4.98. The number of amides is 2. The van der Waals surface area contributed by atoms with Crippen LogP contribution in [-0.2, 0) is 0 Å². The predicted octanol–water partition coefficient (Wildman–Crippen LogP) is 2.38. The van der Waals surface area contributed by atoms with Gasteiger partial charge in [0.2, 0.25) is 0 Å². The molecule has 0 radical (unpaired) electrons. The molecule has 138 valence electrons. The summed E-state index contributed by atoms with van der Waals surface area (Å²) in [5.74, 6) is 0.530. The Kier molecular flexibility index (Phi) is 6.03. The minimum absolute atomic E-state index is 0.152. The summed E-state index contributed by atoms with van der Waals surface area (Å²) >= 11 is 0. The maximum absolute atomic E-state index is 12.6. The molecule has 3 heterocycles. The Hall–Kier alpha value is -0.810. The molecule has 5 nitrogen and oxygen atoms in total. The maximum Gasteiger partial charge on any atom is 0.317 e. The van der Waals surface area contributed by atoms with Gasteiger partial charge in [-0.25, -0.2) is 4.79 Å². The Morgan fingerprint density at radius 3 is 2.46 bits per heavy atom. The van der Waals surface area contributed by atoms with E-state index < -0.39 is 0 Å². The third-order valence-corrected chi connectivity index (χ3v) is 6.09. The van der Waals surface area contributed by atoms with E-state index in [4.69, 9.17) is 0 Å². The molecule has 5 heteroatoms. The molecule has 3 atom stereocenters. The van der Waals surface area contributed by atoms with Crippen LogP contribution in [0.25, 0.3) is 0 Å². The zero-order valence-electron chi connectivity index (χ0n) is 15.8. The van der Waals surface area contributed by atoms with Gasteiger partial charge in [0.15, 0.2) is 0 Å². The van der Waals surface area contributed by atoms with Gasteiger partial charge in [-0.15, -0.1) is 0 Å². The second-order valence-corrected chi connectivity index (χ2v) is 8.46. The van der Waals surface area contributed by atoms with Crippen molar-refractivity contribution in [2.75, 3.05) is 39.3 Å². The van der Waals surface area contributed by atoms with Crippen molar-refractivity contribution < 1.29 is 4.79 Å². The predicted molar refractivity (Wildman–Crippen MR) is 98.2 cm³/mol. The summed E-state index contributed by atoms with van der Waals surface area (Å²) in [5.41, 5.74) is 0. The molecule has 2 bridgehead atoms. The molecule has 3 aliphatic heterocycles. The molecule has 0 aliphatic carbocycles. The van der Waals surface area contributed by atoms with E-state index in [9.17, 15) is 4.79 Å². The van der Waals surface area contributed by atoms with Crippen LogP contribution in [0.2, 0.25) is 0 Å². The summed E-state index contributed by atoms with van der Waals surface area (Å²) in [6, 6.07) is 1.98. The van der Waals surface area contributed by atoms with Crippen LogP contribution in [0.5, 0.6) is 0 Å². The Bertz CT molecular complexity index is 422. The fraction of sp³-hybridized carbons (Fsp3) is 0.947. The van der Waals surface area contributed by atoms with E-state index in [0.717, 1.165) is 32.6 Å². The van der Waals surface area contributed by atoms with Crippen molar-refractivity contribution in [3.63, 3.8) is 0 Å². The molecule has 3 fully saturated rings. The van der Waals surface area contributed by atoms with Gasteiger partial charge in [-0.05, 0) is 65.0 Å². The molecule has 2 amide bonds. The average molecular weight is 337 g/mol. The van der Waals surface area contributed by atoms with Gasteiger partial charge in [-0.3, -0.25) is 4.90 Å². The first-order chi connectivity index (χ1) is 11.5. The Labute approximate surface area is 147 Å². The van der Waals surface area contributed by atoms with Crippen molar-refractivity contribution in [3.8, 4) is 0 Å². The standard InChI is InChI=1S/C19H36N4O/c1-15(2)23-17-6-7-18(23)14-22(11-8-17)19(24)20-12-16(3)13-21-9-4-5-10-21/h15-18H,4-14H2,1-3H3,(H,20,24). The van der Waals surface area contributed by atoms with Crippen LogP contribution in [-0.4, -0.2) is 78.1 Å². The molecule has 1 N–H and O–H groups in total. The molecule has 3 unspecified atom stereocenters. The number of hydrogen-bond acceptors (Lipinski definition) is 3. The van der Waals surface area contributed by atoms with E-state index in [-0.39, 0.29) is 6.03 Å². The number of carbonyl (C=O) groups is 1. The van der Waals surface area contributed by atoms with Crippen LogP contribution in [0, 0.1) is 5.92 Å². The highest BCUT2D eigenvalue weighted by Crippen LogP contribution is 2.31. The number of likely N-dealkylation sites (tertiary alicyclic amines) is 2. The topological polar surface area (TPSA) is 38.8 Å². The first-order valence-corrected chi connectivity index (χ1v) is 10.1. The van der Waals surface area contributed by atoms with Gasteiger partial charge in [0, 0.05) is 44.3 Å². The van der Waals surface area contributed by atoms with E-state index in [1.54, 1.807) is 0 Å². The largest absolute Gasteiger partial charge is 0.338 e. The summed E-state index contributed by atoms with van der Waals surface area (Å²) in [6.45, 7) is 13.0. The van der Waals surface area contributed by atoms with E-state index in [0.29, 0.717) is 24.0 Å². The number of urea groups is 1. The number of nitrogens with one attached hydrogen (secondary N) is 1. The van der Waals surface area contributed by atoms with Gasteiger partial charge < -0.3 is 15.1 Å². The summed E-state index contributed by atoms with van der Waals surface area (Å²) < 4.78 is 0. The second kappa shape index (κ2) is 8.05. The number of fused-ring (bicyclic) bond motifs is 2. The lowest BCUT2D eigenvalue weighted by Crippen LogP contribution is -2.47. The first-order valence-electron chi connectivity index (χ1n) is 10.1. The minimum atomic E-state index is 0.152. The quantitative estimate of drug-likeness (QED) is 0.838. The third kappa shape index (κ3) is 4.23. The second-order valence-electron chi connectivity index (χ2n) is 8.46. The normalized spacial score (nSPS) is 29.9. The highest BCUT2D eigenvalue weighted by molar-refractivity contribution is 5.74. The van der Waals surface area contributed by atoms with Gasteiger partial charge in [0.25, 0.3) is 0 Å². The van der Waals surface area contributed by atoms with E-state index in [1.165, 1.54) is 38.8 Å². The summed E-state index contributed by atoms with van der Waals surface area (Å²) in [5, 5.41) is 3.20. The summed E-state index contributed by atoms with van der Waals surface area (Å²) in [6.07, 6.45) is 6.36. The molecule has 24 heavy (non-hydrogen) atoms. The lowest BCUT2D eigenvalue weighted by atomic mass is 10.1. The number of rotatable bonds is 5. The van der Waals surface area contributed by atoms with Crippen LogP contribution in [0.1, 0.15) is 52.9 Å². The Morgan fingerprint density at radius 2 is 1.75 bits per heavy atom. The van der Waals surface area contributed by atoms with Crippen LogP contribution in [0.3, 0.4) is 0 Å². The lowest BCUT2D eigenvalue weighted by Gasteiger charge is -2.32. The highest BCUT2D eigenvalue weighted by atomic mass is 16.2. The van der Waals surface area contributed by atoms with Crippen molar-refractivity contribution in [3.05, 3.63) is 0 Å². The van der Waals surface area contributed by atoms with Gasteiger partial charge in [0.1, 0.15) is 0 Å². The van der Waals surface area contributed by atoms with Crippen LogP contribution in [0.15, 0.2) is 0 Å². The molecule has 0 saturated carbocycles. The minimum Gasteiger partial charge on any atom is -0.338 e. The van der Waals surface area contributed by atoms with Crippen molar-refractivity contribution >= 4 is 6.03 Å². The average Bonchev–Trinajstić information content (AvgIpc) is 3.12. The summed E-state index contributed by atoms with van der Waals surface area (Å²) in [4.78, 5) is 19.9. The fourth-order valence-electron chi connectivity index (χ4n) is 4.98. The van der Waals surface area contributed by atoms with E-state index in [1.807, 2.05) is 0 Å². The van der Waals surface area contributed by atoms with Gasteiger partial charge >= 0.3 is 6.03 Å². The maximum atomic E-state index is 12.6. The van der Waals surface area contributed by atoms with Crippen LogP contribution < -0.4 is 5.32 Å². The smallest absolute Gasteiger partial charge is 0.317 e. The number of carbonyl (C=O) groups excluding carboxylic acids is 1. The molecule has 0 aromatic rings. The molecule has 0 spiro atoms. The number of nitrogens with zero attached hydrogens (tertiary/aromatic N) is 3. The SMILES string of the molecule is CC(CNC(=O)N1CCC2CCC(C1)N2C(C)C)CN1CCCC1. The summed E-state index contributed by atoms with van der Waals surface area (Å²) in [7, 11) is 0. The van der Waals surface area contributed by atoms with Gasteiger partial charge in [-0.2, -0.15) is 0 Å². The first kappa shape index (κ1) is 18.0. The molecule has 3 aliphatic rings. The zero-order chi connectivity index (χ0) is 17.1. The van der Waals surface area contributed by atoms with Crippen molar-refractivity contribution in [1.82, 2.24) is 20.0 Å². The van der Waals surface area contributed by atoms with Crippen molar-refractivity contribution in [2.45, 2.75) is 71.0 Å². The van der Waals surface area contributed by atoms with Gasteiger partial charge in [-0.1, -0.05) is 6.92 Å². The zero-order valence-corrected chi connectivity index (χ0v) is 15.8. The number of hydrogen-bond donors (Lipinski definition) is 1. The molecular formula is C19H36N4O. The molecular weight excluding hydrogens is 300 g/mol. The van der Waals surface area contributed by atoms with Gasteiger partial charge in [0.05, 0.1) is 0 Å². The van der Waals surface area contributed by atoms with E-state index >= 15 is 0 Å². The Balaban J connectivity index is 1.45. The third-order valence-electron chi connectivity index (χ3n) is 6.09. The van der Waals surface area contributed by atoms with Crippen molar-refractivity contribution in [2.24, 2.45) is 5.92 Å². The molecule has 3 rings (SSSR count). The van der Waals surface area contributed by atoms with Crippen LogP contribution >= 0.6 is 0 Å².